The van der Waals surface area contributed by atoms with E-state index in [-0.39, 0.29) is 94.8 Å². The second-order valence-corrected chi connectivity index (χ2v) is 24.8. The molecular formula is C68H93N21O15. The maximum Gasteiger partial charge on any atom is 0.305 e. The third-order valence-electron chi connectivity index (χ3n) is 16.7. The summed E-state index contributed by atoms with van der Waals surface area (Å²) in [5, 5.41) is 64.2. The topological polar surface area (TPSA) is 613 Å². The average Bonchev–Trinajstić information content (AvgIpc) is 1.73. The van der Waals surface area contributed by atoms with E-state index >= 15 is 0 Å². The number of aliphatic carboxylic acids is 2. The molecular weight excluding hydrogens is 1350 g/mol. The number of guanidine groups is 1. The van der Waals surface area contributed by atoms with Crippen LogP contribution in [0.3, 0.4) is 0 Å². The number of carboxylic acids is 2. The Morgan fingerprint density at radius 2 is 0.885 bits per heavy atom. The Balaban J connectivity index is 1.24. The predicted octanol–water partition coefficient (Wildman–Crippen LogP) is -3.13. The zero-order valence-electron chi connectivity index (χ0n) is 57.1. The maximum atomic E-state index is 14.8. The van der Waals surface area contributed by atoms with Crippen molar-refractivity contribution in [3.05, 3.63) is 138 Å². The van der Waals surface area contributed by atoms with Gasteiger partial charge in [-0.25, -0.2) is 9.97 Å². The van der Waals surface area contributed by atoms with Crippen LogP contribution in [0.4, 0.5) is 0 Å². The van der Waals surface area contributed by atoms with Crippen molar-refractivity contribution < 1.29 is 72.9 Å². The molecule has 0 saturated heterocycles. The van der Waals surface area contributed by atoms with Crippen molar-refractivity contribution in [1.82, 2.24) is 78.1 Å². The smallest absolute Gasteiger partial charge is 0.305 e. The lowest BCUT2D eigenvalue weighted by Crippen LogP contribution is -2.61. The molecule has 36 heteroatoms. The van der Waals surface area contributed by atoms with Crippen molar-refractivity contribution >= 4 is 87.9 Å². The number of rotatable bonds is 46. The van der Waals surface area contributed by atoms with Gasteiger partial charge in [0, 0.05) is 74.6 Å². The second kappa shape index (κ2) is 41.8. The van der Waals surface area contributed by atoms with Gasteiger partial charge in [0.15, 0.2) is 5.96 Å². The van der Waals surface area contributed by atoms with Gasteiger partial charge in [0.25, 0.3) is 0 Å². The fraction of sp³-hybridized carbons (Fsp3) is 0.426. The van der Waals surface area contributed by atoms with Gasteiger partial charge in [-0.2, -0.15) is 0 Å². The van der Waals surface area contributed by atoms with Gasteiger partial charge in [0.1, 0.15) is 60.1 Å². The van der Waals surface area contributed by atoms with Crippen molar-refractivity contribution in [2.24, 2.45) is 28.7 Å². The summed E-state index contributed by atoms with van der Waals surface area (Å²) in [5.74, 6) is -13.5. The highest BCUT2D eigenvalue weighted by Crippen LogP contribution is 2.20. The molecule has 10 atom stereocenters. The van der Waals surface area contributed by atoms with Gasteiger partial charge < -0.3 is 112 Å². The van der Waals surface area contributed by atoms with Crippen LogP contribution in [-0.2, 0) is 89.6 Å². The zero-order valence-corrected chi connectivity index (χ0v) is 57.1. The van der Waals surface area contributed by atoms with Crippen molar-refractivity contribution in [1.29, 1.82) is 5.41 Å². The SMILES string of the molecule is N=C(N)NCCC[C@H](NC(=O)[C@@H](CCCCN)NC(=O)[C@@H](Cc1c[nH]cn1)NC(=O)[C@@H](CC(=O)O)NC(=O)[C@H](CCC(=O)O)NC(=O)[C@@H](Cc1ccccc1)NC(=O)[C@H](Cc1ccc(O)cc1)NC(=O)[C@H](CCCCN)NC(=O)[C@H](N)Cc1c[nH]cn1)C(=O)N[C@@H](Cc1c[nH]c2ccccc12)C(N)=O. The number of hydrogen-bond donors (Lipinski definition) is 22. The number of nitrogens with two attached hydrogens (primary N) is 5. The molecule has 0 spiro atoms. The first-order valence-corrected chi connectivity index (χ1v) is 33.8. The van der Waals surface area contributed by atoms with Gasteiger partial charge in [-0.1, -0.05) is 60.7 Å². The highest BCUT2D eigenvalue weighted by molar-refractivity contribution is 6.00. The Bertz CT molecular complexity index is 3840. The van der Waals surface area contributed by atoms with Crippen LogP contribution in [-0.4, -0.2) is 197 Å². The largest absolute Gasteiger partial charge is 0.508 e. The van der Waals surface area contributed by atoms with E-state index in [1.807, 2.05) is 18.2 Å². The lowest BCUT2D eigenvalue weighted by atomic mass is 10.0. The number of carboxylic acid groups (broad SMARTS) is 2. The molecule has 3 heterocycles. The minimum Gasteiger partial charge on any atom is -0.508 e. The van der Waals surface area contributed by atoms with Gasteiger partial charge in [0.2, 0.25) is 59.1 Å². The third-order valence-corrected chi connectivity index (χ3v) is 16.7. The van der Waals surface area contributed by atoms with Gasteiger partial charge >= 0.3 is 11.9 Å². The Morgan fingerprint density at radius 1 is 0.452 bits per heavy atom. The van der Waals surface area contributed by atoms with Gasteiger partial charge in [-0.3, -0.25) is 62.9 Å². The maximum absolute atomic E-state index is 14.8. The Labute approximate surface area is 597 Å². The molecule has 3 aromatic carbocycles. The molecule has 10 amide bonds. The van der Waals surface area contributed by atoms with Gasteiger partial charge in [0.05, 0.1) is 36.5 Å². The summed E-state index contributed by atoms with van der Waals surface area (Å²) < 4.78 is 0. The molecule has 36 nitrogen and oxygen atoms in total. The number of carbonyl (C=O) groups excluding carboxylic acids is 10. The lowest BCUT2D eigenvalue weighted by molar-refractivity contribution is -0.141. The fourth-order valence-corrected chi connectivity index (χ4v) is 11.1. The molecule has 0 bridgehead atoms. The molecule has 0 saturated carbocycles. The predicted molar refractivity (Wildman–Crippen MR) is 377 cm³/mol. The molecule has 0 unspecified atom stereocenters. The summed E-state index contributed by atoms with van der Waals surface area (Å²) in [5.41, 5.74) is 32.0. The highest BCUT2D eigenvalue weighted by Gasteiger charge is 2.37. The minimum atomic E-state index is -2.08. The Kier molecular flexibility index (Phi) is 32.7. The zero-order chi connectivity index (χ0) is 75.7. The monoisotopic (exact) mass is 1440 g/mol. The Morgan fingerprint density at radius 3 is 1.38 bits per heavy atom. The van der Waals surface area contributed by atoms with Crippen molar-refractivity contribution in [3.8, 4) is 5.75 Å². The number of fused-ring (bicyclic) bond motifs is 1. The number of primary amides is 1. The van der Waals surface area contributed by atoms with Crippen molar-refractivity contribution in [3.63, 3.8) is 0 Å². The van der Waals surface area contributed by atoms with E-state index in [1.165, 1.54) is 43.1 Å². The molecule has 0 aliphatic rings. The number of H-pyrrole nitrogens is 3. The summed E-state index contributed by atoms with van der Waals surface area (Å²) in [6, 6.07) is 5.62. The molecule has 6 rings (SSSR count). The van der Waals surface area contributed by atoms with Crippen molar-refractivity contribution in [2.75, 3.05) is 19.6 Å². The van der Waals surface area contributed by atoms with Crippen LogP contribution in [0.1, 0.15) is 98.7 Å². The lowest BCUT2D eigenvalue weighted by Gasteiger charge is -2.28. The number of unbranched alkanes of at least 4 members (excludes halogenated alkanes) is 2. The summed E-state index contributed by atoms with van der Waals surface area (Å²) in [4.78, 5) is 184. The van der Waals surface area contributed by atoms with Gasteiger partial charge in [-0.05, 0) is 106 Å². The normalized spacial score (nSPS) is 14.0. The quantitative estimate of drug-likeness (QED) is 0.0102. The minimum absolute atomic E-state index is 0.00870. The molecule has 3 aromatic heterocycles. The molecule has 6 aromatic rings. The number of aromatic hydroxyl groups is 1. The summed E-state index contributed by atoms with van der Waals surface area (Å²) in [6.07, 6.45) is 4.97. The number of para-hydroxylation sites is 1. The standard InChI is InChI=1S/C68H93N21O15/c69-24-8-6-15-47(81-59(96)45(71)30-41-34-75-36-79-41)62(99)86-53(28-39-18-20-43(90)21-19-39)65(102)87-52(27-38-11-2-1-3-12-38)64(101)84-50(22-23-56(91)92)63(100)89-55(32-57(93)94)67(104)88-54(31-42-35-76-37-80-42)66(103)83-48(16-7-9-25-70)60(97)82-49(17-10-26-77-68(73)74)61(98)85-51(58(72)95)29-40-33-78-46-14-5-4-13-44(40)46/h1-5,11-14,18-21,33-37,45,47-55,78,90H,6-10,15-17,22-32,69-71H2,(H2,72,95)(H,75,79)(H,76,80)(H,81,96)(H,82,97)(H,83,103)(H,84,101)(H,85,98)(H,86,99)(H,87,102)(H,88,104)(H,89,100)(H,91,92)(H,93,94)(H4,73,74,77)/t45-,47+,48-,49+,50+,51+,52-,53+,54-,55-/m1/s1. The number of carbonyl (C=O) groups is 12. The summed E-state index contributed by atoms with van der Waals surface area (Å²) >= 11 is 0. The number of hydrogen-bond acceptors (Lipinski definition) is 19. The Hall–Kier alpha value is -11.8. The van der Waals surface area contributed by atoms with Crippen LogP contribution >= 0.6 is 0 Å². The van der Waals surface area contributed by atoms with Crippen LogP contribution in [0.25, 0.3) is 10.9 Å². The number of phenolic OH excluding ortho intramolecular Hbond substituents is 1. The summed E-state index contributed by atoms with van der Waals surface area (Å²) in [6.45, 7) is 0.497. The highest BCUT2D eigenvalue weighted by atomic mass is 16.4. The van der Waals surface area contributed by atoms with Crippen LogP contribution in [0, 0.1) is 5.41 Å². The fourth-order valence-electron chi connectivity index (χ4n) is 11.1. The molecule has 0 radical (unpaired) electrons. The summed E-state index contributed by atoms with van der Waals surface area (Å²) in [7, 11) is 0. The number of benzene rings is 3. The first-order valence-electron chi connectivity index (χ1n) is 33.8. The first kappa shape index (κ1) is 81.2. The molecule has 0 aliphatic heterocycles. The van der Waals surface area contributed by atoms with Crippen molar-refractivity contribution in [2.45, 2.75) is 163 Å². The number of imidazole rings is 2. The van der Waals surface area contributed by atoms with Crippen LogP contribution in [0.2, 0.25) is 0 Å². The second-order valence-electron chi connectivity index (χ2n) is 24.8. The van der Waals surface area contributed by atoms with E-state index in [2.05, 4.69) is 78.1 Å². The van der Waals surface area contributed by atoms with E-state index < -0.39 is 157 Å². The van der Waals surface area contributed by atoms with E-state index in [1.54, 1.807) is 48.8 Å². The molecule has 560 valence electrons. The third kappa shape index (κ3) is 27.3. The molecule has 0 fully saturated rings. The van der Waals surface area contributed by atoms with E-state index in [0.717, 1.165) is 10.9 Å². The number of nitrogens with zero attached hydrogens (tertiary/aromatic N) is 2. The molecule has 104 heavy (non-hydrogen) atoms. The number of aromatic amines is 3. The van der Waals surface area contributed by atoms with Crippen LogP contribution < -0.4 is 81.8 Å². The first-order chi connectivity index (χ1) is 49.8. The van der Waals surface area contributed by atoms with E-state index in [9.17, 15) is 72.9 Å². The van der Waals surface area contributed by atoms with Gasteiger partial charge in [-0.15, -0.1) is 0 Å². The van der Waals surface area contributed by atoms with E-state index in [4.69, 9.17) is 34.1 Å². The van der Waals surface area contributed by atoms with Crippen LogP contribution in [0.5, 0.6) is 5.75 Å². The number of aromatic nitrogens is 5. The number of nitrogens with one attached hydrogen (secondary N) is 14. The molecule has 0 aliphatic carbocycles. The van der Waals surface area contributed by atoms with E-state index in [0.29, 0.717) is 41.6 Å². The number of phenols is 1. The van der Waals surface area contributed by atoms with Crippen LogP contribution in [0.15, 0.2) is 110 Å². The number of amides is 10. The average molecular weight is 1440 g/mol. The molecule has 27 N–H and O–H groups in total.